The number of aliphatic carboxylic acids is 1. The van der Waals surface area contributed by atoms with Gasteiger partial charge in [0.05, 0.1) is 5.02 Å². The number of hydrogen-bond acceptors (Lipinski definition) is 2. The maximum Gasteiger partial charge on any atom is 0.320 e. The summed E-state index contributed by atoms with van der Waals surface area (Å²) in [6, 6.07) is 4.13. The Hall–Kier alpha value is -1.13. The van der Waals surface area contributed by atoms with E-state index in [2.05, 4.69) is 0 Å². The monoisotopic (exact) mass is 257 g/mol. The molecule has 0 aromatic heterocycles. The number of carboxylic acid groups (broad SMARTS) is 1. The molecule has 0 unspecified atom stereocenters. The summed E-state index contributed by atoms with van der Waals surface area (Å²) in [7, 11) is 0. The van der Waals surface area contributed by atoms with E-state index in [1.165, 1.54) is 12.1 Å². The largest absolute Gasteiger partial charge is 0.480 e. The van der Waals surface area contributed by atoms with Gasteiger partial charge >= 0.3 is 5.97 Å². The smallest absolute Gasteiger partial charge is 0.320 e. The molecule has 1 aromatic carbocycles. The predicted molar refractivity (Wildman–Crippen MR) is 62.5 cm³/mol. The number of halogens is 2. The van der Waals surface area contributed by atoms with Crippen molar-refractivity contribution in [2.45, 2.75) is 25.4 Å². The van der Waals surface area contributed by atoms with E-state index in [4.69, 9.17) is 16.7 Å². The summed E-state index contributed by atoms with van der Waals surface area (Å²) in [6.07, 6.45) is 1.53. The van der Waals surface area contributed by atoms with Gasteiger partial charge in [-0.2, -0.15) is 0 Å². The van der Waals surface area contributed by atoms with Gasteiger partial charge in [-0.25, -0.2) is 4.39 Å². The van der Waals surface area contributed by atoms with Gasteiger partial charge in [0.15, 0.2) is 0 Å². The van der Waals surface area contributed by atoms with Crippen molar-refractivity contribution < 1.29 is 14.3 Å². The molecule has 1 fully saturated rings. The quantitative estimate of drug-likeness (QED) is 0.905. The molecule has 1 saturated heterocycles. The maximum atomic E-state index is 13.2. The highest BCUT2D eigenvalue weighted by molar-refractivity contribution is 6.30. The Morgan fingerprint density at radius 1 is 1.59 bits per heavy atom. The molecule has 1 heterocycles. The van der Waals surface area contributed by atoms with Crippen LogP contribution in [0.5, 0.6) is 0 Å². The van der Waals surface area contributed by atoms with Gasteiger partial charge in [0, 0.05) is 6.54 Å². The molecule has 5 heteroatoms. The van der Waals surface area contributed by atoms with Crippen LogP contribution in [0.1, 0.15) is 18.4 Å². The first-order chi connectivity index (χ1) is 8.08. The van der Waals surface area contributed by atoms with Gasteiger partial charge in [0.1, 0.15) is 11.9 Å². The molecule has 1 N–H and O–H groups in total. The van der Waals surface area contributed by atoms with Crippen LogP contribution in [-0.2, 0) is 11.3 Å². The molecule has 92 valence electrons. The molecule has 3 nitrogen and oxygen atoms in total. The Morgan fingerprint density at radius 2 is 2.35 bits per heavy atom. The second-order valence-corrected chi connectivity index (χ2v) is 4.62. The third-order valence-corrected chi connectivity index (χ3v) is 3.32. The molecule has 17 heavy (non-hydrogen) atoms. The number of rotatable bonds is 3. The molecule has 0 radical (unpaired) electrons. The average Bonchev–Trinajstić information content (AvgIpc) is 2.72. The minimum Gasteiger partial charge on any atom is -0.480 e. The van der Waals surface area contributed by atoms with Gasteiger partial charge in [-0.05, 0) is 37.1 Å². The summed E-state index contributed by atoms with van der Waals surface area (Å²) < 4.78 is 13.2. The Bertz CT molecular complexity index is 439. The number of likely N-dealkylation sites (tertiary alicyclic amines) is 1. The third kappa shape index (κ3) is 2.76. The van der Waals surface area contributed by atoms with Crippen molar-refractivity contribution in [2.24, 2.45) is 0 Å². The molecule has 2 rings (SSSR count). The summed E-state index contributed by atoms with van der Waals surface area (Å²) in [6.45, 7) is 1.19. The first-order valence-corrected chi connectivity index (χ1v) is 5.86. The second kappa shape index (κ2) is 5.02. The van der Waals surface area contributed by atoms with Crippen molar-refractivity contribution in [2.75, 3.05) is 6.54 Å². The Balaban J connectivity index is 2.09. The first kappa shape index (κ1) is 12.3. The molecule has 1 aliphatic rings. The minimum atomic E-state index is -0.808. The van der Waals surface area contributed by atoms with Crippen LogP contribution in [0.4, 0.5) is 4.39 Å². The van der Waals surface area contributed by atoms with Gasteiger partial charge < -0.3 is 5.11 Å². The molecular formula is C12H13ClFNO2. The summed E-state index contributed by atoms with van der Waals surface area (Å²) in [5.74, 6) is -1.27. The van der Waals surface area contributed by atoms with Crippen LogP contribution in [0, 0.1) is 5.82 Å². The lowest BCUT2D eigenvalue weighted by Gasteiger charge is -2.20. The Labute approximate surface area is 104 Å². The van der Waals surface area contributed by atoms with Crippen molar-refractivity contribution in [3.8, 4) is 0 Å². The fraction of sp³-hybridized carbons (Fsp3) is 0.417. The van der Waals surface area contributed by atoms with Crippen molar-refractivity contribution in [1.29, 1.82) is 0 Å². The Morgan fingerprint density at radius 3 is 3.00 bits per heavy atom. The average molecular weight is 258 g/mol. The normalized spacial score (nSPS) is 20.7. The van der Waals surface area contributed by atoms with Crippen molar-refractivity contribution in [1.82, 2.24) is 4.90 Å². The van der Waals surface area contributed by atoms with Gasteiger partial charge in [-0.3, -0.25) is 9.69 Å². The number of carboxylic acids is 1. The highest BCUT2D eigenvalue weighted by Crippen LogP contribution is 2.22. The summed E-state index contributed by atoms with van der Waals surface area (Å²) in [5, 5.41) is 9.11. The van der Waals surface area contributed by atoms with E-state index in [0.29, 0.717) is 13.0 Å². The lowest BCUT2D eigenvalue weighted by atomic mass is 10.2. The van der Waals surface area contributed by atoms with Crippen LogP contribution in [0.2, 0.25) is 5.02 Å². The molecular weight excluding hydrogens is 245 g/mol. The number of nitrogens with zero attached hydrogens (tertiary/aromatic N) is 1. The van der Waals surface area contributed by atoms with Gasteiger partial charge in [-0.1, -0.05) is 17.7 Å². The summed E-state index contributed by atoms with van der Waals surface area (Å²) in [4.78, 5) is 12.8. The zero-order chi connectivity index (χ0) is 12.4. The van der Waals surface area contributed by atoms with Crippen LogP contribution in [0.3, 0.4) is 0 Å². The van der Waals surface area contributed by atoms with E-state index in [1.807, 2.05) is 4.90 Å². The molecule has 0 amide bonds. The standard InChI is InChI=1S/C12H13ClFNO2/c13-9-4-3-8(6-10(9)14)7-15-5-1-2-11(15)12(16)17/h3-4,6,11H,1-2,5,7H2,(H,16,17)/t11-/m1/s1. The number of carbonyl (C=O) groups is 1. The van der Waals surface area contributed by atoms with Crippen LogP contribution in [0.25, 0.3) is 0 Å². The van der Waals surface area contributed by atoms with E-state index in [1.54, 1.807) is 6.07 Å². The fourth-order valence-corrected chi connectivity index (χ4v) is 2.29. The number of benzene rings is 1. The zero-order valence-electron chi connectivity index (χ0n) is 9.20. The molecule has 1 atom stereocenters. The topological polar surface area (TPSA) is 40.5 Å². The van der Waals surface area contributed by atoms with E-state index in [-0.39, 0.29) is 5.02 Å². The van der Waals surface area contributed by atoms with E-state index in [9.17, 15) is 9.18 Å². The lowest BCUT2D eigenvalue weighted by molar-refractivity contribution is -0.142. The number of hydrogen-bond donors (Lipinski definition) is 1. The van der Waals surface area contributed by atoms with Crippen LogP contribution in [-0.4, -0.2) is 28.6 Å². The summed E-state index contributed by atoms with van der Waals surface area (Å²) >= 11 is 5.59. The van der Waals surface area contributed by atoms with Crippen molar-refractivity contribution >= 4 is 17.6 Å². The van der Waals surface area contributed by atoms with E-state index in [0.717, 1.165) is 18.5 Å². The van der Waals surface area contributed by atoms with E-state index < -0.39 is 17.8 Å². The van der Waals surface area contributed by atoms with Crippen LogP contribution >= 0.6 is 11.6 Å². The van der Waals surface area contributed by atoms with Gasteiger partial charge in [0.2, 0.25) is 0 Å². The van der Waals surface area contributed by atoms with Crippen LogP contribution < -0.4 is 0 Å². The first-order valence-electron chi connectivity index (χ1n) is 5.48. The molecule has 0 spiro atoms. The zero-order valence-corrected chi connectivity index (χ0v) is 9.95. The fourth-order valence-electron chi connectivity index (χ4n) is 2.17. The second-order valence-electron chi connectivity index (χ2n) is 4.22. The van der Waals surface area contributed by atoms with Crippen molar-refractivity contribution in [3.05, 3.63) is 34.6 Å². The molecule has 0 saturated carbocycles. The molecule has 1 aromatic rings. The highest BCUT2D eigenvalue weighted by Gasteiger charge is 2.30. The van der Waals surface area contributed by atoms with Gasteiger partial charge in [0.25, 0.3) is 0 Å². The van der Waals surface area contributed by atoms with Gasteiger partial charge in [-0.15, -0.1) is 0 Å². The van der Waals surface area contributed by atoms with Crippen LogP contribution in [0.15, 0.2) is 18.2 Å². The SMILES string of the molecule is O=C(O)[C@H]1CCCN1Cc1ccc(Cl)c(F)c1. The predicted octanol–water partition coefficient (Wildman–Crippen LogP) is 2.53. The van der Waals surface area contributed by atoms with E-state index >= 15 is 0 Å². The summed E-state index contributed by atoms with van der Waals surface area (Å²) in [5.41, 5.74) is 0.750. The maximum absolute atomic E-state index is 13.2. The highest BCUT2D eigenvalue weighted by atomic mass is 35.5. The third-order valence-electron chi connectivity index (χ3n) is 3.02. The molecule has 1 aliphatic heterocycles. The minimum absolute atomic E-state index is 0.0879. The molecule has 0 aliphatic carbocycles. The molecule has 0 bridgehead atoms. The Kier molecular flexibility index (Phi) is 3.64. The van der Waals surface area contributed by atoms with Crippen molar-refractivity contribution in [3.63, 3.8) is 0 Å². The lowest BCUT2D eigenvalue weighted by Crippen LogP contribution is -2.35.